The van der Waals surface area contributed by atoms with E-state index in [1.165, 1.54) is 0 Å². The van der Waals surface area contributed by atoms with Crippen LogP contribution >= 0.6 is 11.6 Å². The minimum atomic E-state index is -0.238. The molecular formula is C24H27ClN4O3. The number of carbonyl (C=O) groups is 1. The zero-order valence-corrected chi connectivity index (χ0v) is 18.9. The first-order chi connectivity index (χ1) is 15.5. The number of carbonyl (C=O) groups excluding carboxylic acids is 1. The molecule has 1 N–H and O–H groups in total. The van der Waals surface area contributed by atoms with E-state index in [2.05, 4.69) is 14.9 Å². The van der Waals surface area contributed by atoms with E-state index >= 15 is 0 Å². The number of aromatic amines is 1. The van der Waals surface area contributed by atoms with Gasteiger partial charge in [-0.05, 0) is 42.3 Å². The minimum absolute atomic E-state index is 0.0792. The zero-order valence-electron chi connectivity index (χ0n) is 18.1. The zero-order chi connectivity index (χ0) is 22.5. The molecule has 32 heavy (non-hydrogen) atoms. The van der Waals surface area contributed by atoms with Crippen LogP contribution in [0.2, 0.25) is 5.02 Å². The van der Waals surface area contributed by atoms with Gasteiger partial charge in [0, 0.05) is 36.8 Å². The van der Waals surface area contributed by atoms with Gasteiger partial charge >= 0.3 is 0 Å². The normalized spacial score (nSPS) is 14.6. The molecule has 1 aliphatic heterocycles. The van der Waals surface area contributed by atoms with Crippen molar-refractivity contribution in [3.8, 4) is 0 Å². The van der Waals surface area contributed by atoms with Gasteiger partial charge in [-0.1, -0.05) is 30.7 Å². The van der Waals surface area contributed by atoms with E-state index in [4.69, 9.17) is 16.3 Å². The predicted molar refractivity (Wildman–Crippen MR) is 125 cm³/mol. The number of nitrogens with zero attached hydrogens (tertiary/aromatic N) is 3. The second-order valence-electron chi connectivity index (χ2n) is 7.99. The average molecular weight is 455 g/mol. The van der Waals surface area contributed by atoms with E-state index in [0.29, 0.717) is 33.9 Å². The van der Waals surface area contributed by atoms with Gasteiger partial charge in [0.05, 0.1) is 30.7 Å². The lowest BCUT2D eigenvalue weighted by Crippen LogP contribution is -2.36. The highest BCUT2D eigenvalue weighted by Crippen LogP contribution is 2.17. The standard InChI is InChI=1S/C24H27ClN4O3/c1-2-8-29(16-22-26-21-14-19(25)6-7-20(21)23(30)27-22)24(31)18-5-3-4-17(13-18)15-28-9-11-32-12-10-28/h3-7,13-14H,2,8-12,15-16H2,1H3,(H,26,27,30). The molecule has 2 heterocycles. The van der Waals surface area contributed by atoms with Crippen LogP contribution in [0.15, 0.2) is 47.3 Å². The first-order valence-electron chi connectivity index (χ1n) is 10.9. The third kappa shape index (κ3) is 5.35. The number of hydrogen-bond donors (Lipinski definition) is 1. The van der Waals surface area contributed by atoms with Crippen LogP contribution in [-0.4, -0.2) is 58.5 Å². The number of hydrogen-bond acceptors (Lipinski definition) is 5. The summed E-state index contributed by atoms with van der Waals surface area (Å²) in [4.78, 5) is 37.2. The van der Waals surface area contributed by atoms with Gasteiger partial charge in [-0.2, -0.15) is 0 Å². The van der Waals surface area contributed by atoms with Gasteiger partial charge in [-0.3, -0.25) is 14.5 Å². The first kappa shape index (κ1) is 22.5. The molecule has 0 unspecified atom stereocenters. The summed E-state index contributed by atoms with van der Waals surface area (Å²) >= 11 is 6.07. The Morgan fingerprint density at radius 2 is 2.03 bits per heavy atom. The SMILES string of the molecule is CCCN(Cc1nc2cc(Cl)ccc2c(=O)[nH]1)C(=O)c1cccc(CN2CCOCC2)c1. The molecule has 3 aromatic rings. The summed E-state index contributed by atoms with van der Waals surface area (Å²) in [6.07, 6.45) is 0.794. The van der Waals surface area contributed by atoms with Gasteiger partial charge in [0.1, 0.15) is 5.82 Å². The smallest absolute Gasteiger partial charge is 0.258 e. The van der Waals surface area contributed by atoms with Crippen LogP contribution in [-0.2, 0) is 17.8 Å². The van der Waals surface area contributed by atoms with E-state index in [-0.39, 0.29) is 18.0 Å². The van der Waals surface area contributed by atoms with Crippen LogP contribution in [0.4, 0.5) is 0 Å². The average Bonchev–Trinajstić information content (AvgIpc) is 2.79. The number of ether oxygens (including phenoxy) is 1. The quantitative estimate of drug-likeness (QED) is 0.591. The Labute approximate surface area is 192 Å². The van der Waals surface area contributed by atoms with E-state index in [0.717, 1.165) is 44.8 Å². The number of benzene rings is 2. The first-order valence-corrected chi connectivity index (χ1v) is 11.3. The molecule has 0 aliphatic carbocycles. The molecule has 0 radical (unpaired) electrons. The second kappa shape index (κ2) is 10.3. The Balaban J connectivity index is 1.55. The van der Waals surface area contributed by atoms with Crippen LogP contribution in [0.5, 0.6) is 0 Å². The number of nitrogens with one attached hydrogen (secondary N) is 1. The highest BCUT2D eigenvalue weighted by molar-refractivity contribution is 6.31. The molecule has 168 valence electrons. The van der Waals surface area contributed by atoms with Crippen molar-refractivity contribution in [2.75, 3.05) is 32.8 Å². The van der Waals surface area contributed by atoms with Gasteiger partial charge in [0.15, 0.2) is 0 Å². The second-order valence-corrected chi connectivity index (χ2v) is 8.43. The molecule has 0 saturated carbocycles. The van der Waals surface area contributed by atoms with Crippen molar-refractivity contribution in [2.24, 2.45) is 0 Å². The van der Waals surface area contributed by atoms with Crippen LogP contribution in [0.25, 0.3) is 10.9 Å². The lowest BCUT2D eigenvalue weighted by atomic mass is 10.1. The van der Waals surface area contributed by atoms with E-state index in [9.17, 15) is 9.59 Å². The van der Waals surface area contributed by atoms with Crippen LogP contribution in [0.1, 0.15) is 35.1 Å². The van der Waals surface area contributed by atoms with E-state index < -0.39 is 0 Å². The molecule has 4 rings (SSSR count). The molecule has 1 fully saturated rings. The predicted octanol–water partition coefficient (Wildman–Crippen LogP) is 3.46. The summed E-state index contributed by atoms with van der Waals surface area (Å²) in [6, 6.07) is 12.7. The van der Waals surface area contributed by atoms with Gasteiger partial charge in [0.25, 0.3) is 11.5 Å². The fourth-order valence-electron chi connectivity index (χ4n) is 3.94. The largest absolute Gasteiger partial charge is 0.379 e. The third-order valence-corrected chi connectivity index (χ3v) is 5.76. The number of halogens is 1. The van der Waals surface area contributed by atoms with Crippen molar-refractivity contribution in [3.05, 3.63) is 74.8 Å². The molecule has 1 saturated heterocycles. The maximum atomic E-state index is 13.3. The minimum Gasteiger partial charge on any atom is -0.379 e. The van der Waals surface area contributed by atoms with Crippen molar-refractivity contribution >= 4 is 28.4 Å². The topological polar surface area (TPSA) is 78.5 Å². The molecule has 7 nitrogen and oxygen atoms in total. The van der Waals surface area contributed by atoms with Crippen LogP contribution in [0, 0.1) is 0 Å². The molecule has 2 aromatic carbocycles. The molecule has 0 spiro atoms. The number of H-pyrrole nitrogens is 1. The monoisotopic (exact) mass is 454 g/mol. The van der Waals surface area contributed by atoms with E-state index in [1.54, 1.807) is 23.1 Å². The summed E-state index contributed by atoms with van der Waals surface area (Å²) < 4.78 is 5.42. The van der Waals surface area contributed by atoms with Crippen molar-refractivity contribution in [3.63, 3.8) is 0 Å². The molecule has 1 aromatic heterocycles. The van der Waals surface area contributed by atoms with Crippen molar-refractivity contribution in [1.82, 2.24) is 19.8 Å². The molecule has 0 bridgehead atoms. The van der Waals surface area contributed by atoms with Crippen molar-refractivity contribution in [2.45, 2.75) is 26.4 Å². The highest BCUT2D eigenvalue weighted by atomic mass is 35.5. The summed E-state index contributed by atoms with van der Waals surface area (Å²) in [5.74, 6) is 0.362. The number of amides is 1. The molecule has 1 aliphatic rings. The Morgan fingerprint density at radius 3 is 2.81 bits per heavy atom. The summed E-state index contributed by atoms with van der Waals surface area (Å²) in [5, 5.41) is 0.988. The molecule has 8 heteroatoms. The van der Waals surface area contributed by atoms with Crippen molar-refractivity contribution < 1.29 is 9.53 Å². The Hall–Kier alpha value is -2.74. The third-order valence-electron chi connectivity index (χ3n) is 5.52. The summed E-state index contributed by atoms with van der Waals surface area (Å²) in [7, 11) is 0. The number of morpholine rings is 1. The van der Waals surface area contributed by atoms with Crippen molar-refractivity contribution in [1.29, 1.82) is 0 Å². The Bertz CT molecular complexity index is 1160. The number of aromatic nitrogens is 2. The maximum absolute atomic E-state index is 13.3. The van der Waals surface area contributed by atoms with Gasteiger partial charge in [0.2, 0.25) is 0 Å². The Kier molecular flexibility index (Phi) is 7.19. The van der Waals surface area contributed by atoms with Gasteiger partial charge in [-0.15, -0.1) is 0 Å². The van der Waals surface area contributed by atoms with Gasteiger partial charge in [-0.25, -0.2) is 4.98 Å². The number of fused-ring (bicyclic) bond motifs is 1. The fourth-order valence-corrected chi connectivity index (χ4v) is 4.11. The maximum Gasteiger partial charge on any atom is 0.258 e. The summed E-state index contributed by atoms with van der Waals surface area (Å²) in [5.41, 5.74) is 2.02. The fraction of sp³-hybridized carbons (Fsp3) is 0.375. The molecule has 1 amide bonds. The van der Waals surface area contributed by atoms with Crippen LogP contribution < -0.4 is 5.56 Å². The lowest BCUT2D eigenvalue weighted by molar-refractivity contribution is 0.0341. The molecule has 0 atom stereocenters. The van der Waals surface area contributed by atoms with Gasteiger partial charge < -0.3 is 14.6 Å². The van der Waals surface area contributed by atoms with E-state index in [1.807, 2.05) is 31.2 Å². The highest BCUT2D eigenvalue weighted by Gasteiger charge is 2.18. The summed E-state index contributed by atoms with van der Waals surface area (Å²) in [6.45, 7) is 6.86. The Morgan fingerprint density at radius 1 is 1.22 bits per heavy atom. The van der Waals surface area contributed by atoms with Crippen LogP contribution in [0.3, 0.4) is 0 Å². The number of rotatable bonds is 7. The molecular weight excluding hydrogens is 428 g/mol. The lowest BCUT2D eigenvalue weighted by Gasteiger charge is -2.27.